The highest BCUT2D eigenvalue weighted by Crippen LogP contribution is 2.25. The molecule has 1 unspecified atom stereocenters. The predicted octanol–water partition coefficient (Wildman–Crippen LogP) is 0.955. The van der Waals surface area contributed by atoms with Gasteiger partial charge in [0.05, 0.1) is 12.9 Å². The summed E-state index contributed by atoms with van der Waals surface area (Å²) in [4.78, 5) is 26.6. The fourth-order valence-electron chi connectivity index (χ4n) is 2.81. The highest BCUT2D eigenvalue weighted by Gasteiger charge is 2.35. The summed E-state index contributed by atoms with van der Waals surface area (Å²) in [7, 11) is 0. The zero-order valence-corrected chi connectivity index (χ0v) is 12.6. The van der Waals surface area contributed by atoms with Gasteiger partial charge < -0.3 is 19.7 Å². The SMILES string of the molecule is O=C(NCCO)C1Cc2ccccc2CN1C(=O)c1ccco1. The van der Waals surface area contributed by atoms with E-state index in [1.54, 1.807) is 12.1 Å². The third-order valence-corrected chi connectivity index (χ3v) is 3.96. The molecule has 0 fully saturated rings. The molecule has 2 amide bonds. The summed E-state index contributed by atoms with van der Waals surface area (Å²) in [5, 5.41) is 11.5. The van der Waals surface area contributed by atoms with Crippen LogP contribution in [0, 0.1) is 0 Å². The van der Waals surface area contributed by atoms with Crippen LogP contribution in [0.15, 0.2) is 47.1 Å². The molecule has 2 heterocycles. The van der Waals surface area contributed by atoms with Gasteiger partial charge in [-0.15, -0.1) is 0 Å². The molecule has 120 valence electrons. The first-order valence-electron chi connectivity index (χ1n) is 7.50. The molecular weight excluding hydrogens is 296 g/mol. The Morgan fingerprint density at radius 2 is 2.00 bits per heavy atom. The normalized spacial score (nSPS) is 16.7. The van der Waals surface area contributed by atoms with Crippen LogP contribution >= 0.6 is 0 Å². The highest BCUT2D eigenvalue weighted by atomic mass is 16.3. The number of amides is 2. The van der Waals surface area contributed by atoms with Crippen LogP contribution in [0.2, 0.25) is 0 Å². The first-order valence-corrected chi connectivity index (χ1v) is 7.50. The van der Waals surface area contributed by atoms with Crippen LogP contribution in [0.25, 0.3) is 0 Å². The van der Waals surface area contributed by atoms with Crippen molar-refractivity contribution in [2.45, 2.75) is 19.0 Å². The second-order valence-corrected chi connectivity index (χ2v) is 5.41. The van der Waals surface area contributed by atoms with Gasteiger partial charge in [-0.25, -0.2) is 0 Å². The minimum absolute atomic E-state index is 0.138. The predicted molar refractivity (Wildman–Crippen MR) is 82.6 cm³/mol. The van der Waals surface area contributed by atoms with Crippen molar-refractivity contribution in [3.63, 3.8) is 0 Å². The van der Waals surface area contributed by atoms with Crippen molar-refractivity contribution in [1.29, 1.82) is 0 Å². The Bertz CT molecular complexity index is 696. The van der Waals surface area contributed by atoms with E-state index in [9.17, 15) is 9.59 Å². The van der Waals surface area contributed by atoms with E-state index in [0.29, 0.717) is 13.0 Å². The highest BCUT2D eigenvalue weighted by molar-refractivity contribution is 5.96. The molecule has 2 N–H and O–H groups in total. The number of carbonyl (C=O) groups excluding carboxylic acids is 2. The van der Waals surface area contributed by atoms with Gasteiger partial charge >= 0.3 is 0 Å². The summed E-state index contributed by atoms with van der Waals surface area (Å²) < 4.78 is 5.18. The summed E-state index contributed by atoms with van der Waals surface area (Å²) in [6.45, 7) is 0.383. The van der Waals surface area contributed by atoms with Crippen LogP contribution in [-0.2, 0) is 17.8 Å². The summed E-state index contributed by atoms with van der Waals surface area (Å²) in [6.07, 6.45) is 1.88. The van der Waals surface area contributed by atoms with Gasteiger partial charge in [0, 0.05) is 19.5 Å². The molecule has 1 aromatic carbocycles. The molecule has 6 nitrogen and oxygen atoms in total. The summed E-state index contributed by atoms with van der Waals surface area (Å²) >= 11 is 0. The number of nitrogens with one attached hydrogen (secondary N) is 1. The topological polar surface area (TPSA) is 82.8 Å². The molecule has 0 aliphatic carbocycles. The van der Waals surface area contributed by atoms with E-state index < -0.39 is 6.04 Å². The lowest BCUT2D eigenvalue weighted by atomic mass is 9.93. The fourth-order valence-corrected chi connectivity index (χ4v) is 2.81. The molecule has 0 spiro atoms. The minimum Gasteiger partial charge on any atom is -0.459 e. The molecule has 0 radical (unpaired) electrons. The number of hydrogen-bond acceptors (Lipinski definition) is 4. The van der Waals surface area contributed by atoms with Crippen molar-refractivity contribution in [3.05, 3.63) is 59.5 Å². The summed E-state index contributed by atoms with van der Waals surface area (Å²) in [5.41, 5.74) is 2.08. The van der Waals surface area contributed by atoms with Crippen LogP contribution in [0.4, 0.5) is 0 Å². The number of benzene rings is 1. The lowest BCUT2D eigenvalue weighted by Crippen LogP contribution is -2.52. The van der Waals surface area contributed by atoms with Crippen molar-refractivity contribution >= 4 is 11.8 Å². The van der Waals surface area contributed by atoms with Gasteiger partial charge in [0.25, 0.3) is 5.91 Å². The Hall–Kier alpha value is -2.60. The van der Waals surface area contributed by atoms with Gasteiger partial charge in [-0.1, -0.05) is 24.3 Å². The number of fused-ring (bicyclic) bond motifs is 1. The first kappa shape index (κ1) is 15.3. The molecule has 0 bridgehead atoms. The van der Waals surface area contributed by atoms with Crippen LogP contribution in [0.3, 0.4) is 0 Å². The van der Waals surface area contributed by atoms with E-state index >= 15 is 0 Å². The maximum Gasteiger partial charge on any atom is 0.290 e. The van der Waals surface area contributed by atoms with Crippen molar-refractivity contribution in [2.75, 3.05) is 13.2 Å². The van der Waals surface area contributed by atoms with E-state index in [1.165, 1.54) is 11.2 Å². The minimum atomic E-state index is -0.617. The number of aliphatic hydroxyl groups excluding tert-OH is 1. The first-order chi connectivity index (χ1) is 11.2. The lowest BCUT2D eigenvalue weighted by Gasteiger charge is -2.35. The number of rotatable bonds is 4. The monoisotopic (exact) mass is 314 g/mol. The zero-order chi connectivity index (χ0) is 16.2. The van der Waals surface area contributed by atoms with Gasteiger partial charge in [-0.05, 0) is 23.3 Å². The van der Waals surface area contributed by atoms with E-state index in [-0.39, 0.29) is 30.7 Å². The molecule has 1 atom stereocenters. The number of hydrogen-bond donors (Lipinski definition) is 2. The molecule has 0 saturated heterocycles. The average Bonchev–Trinajstić information content (AvgIpc) is 3.12. The number of carbonyl (C=O) groups is 2. The van der Waals surface area contributed by atoms with Crippen molar-refractivity contribution < 1.29 is 19.1 Å². The quantitative estimate of drug-likeness (QED) is 0.880. The zero-order valence-electron chi connectivity index (χ0n) is 12.6. The third-order valence-electron chi connectivity index (χ3n) is 3.96. The summed E-state index contributed by atoms with van der Waals surface area (Å²) in [6, 6.07) is 10.4. The van der Waals surface area contributed by atoms with Gasteiger partial charge in [-0.3, -0.25) is 9.59 Å². The van der Waals surface area contributed by atoms with E-state index in [0.717, 1.165) is 11.1 Å². The van der Waals surface area contributed by atoms with Gasteiger partial charge in [0.15, 0.2) is 5.76 Å². The van der Waals surface area contributed by atoms with Gasteiger partial charge in [0.1, 0.15) is 6.04 Å². The molecule has 1 aromatic heterocycles. The maximum atomic E-state index is 12.7. The van der Waals surface area contributed by atoms with Gasteiger partial charge in [0.2, 0.25) is 5.91 Å². The smallest absolute Gasteiger partial charge is 0.290 e. The molecule has 1 aliphatic heterocycles. The van der Waals surface area contributed by atoms with Crippen LogP contribution in [0.5, 0.6) is 0 Å². The largest absolute Gasteiger partial charge is 0.459 e. The second-order valence-electron chi connectivity index (χ2n) is 5.41. The average molecular weight is 314 g/mol. The maximum absolute atomic E-state index is 12.7. The molecule has 3 rings (SSSR count). The molecule has 1 aliphatic rings. The Morgan fingerprint density at radius 3 is 2.70 bits per heavy atom. The molecule has 6 heteroatoms. The number of nitrogens with zero attached hydrogens (tertiary/aromatic N) is 1. The molecule has 23 heavy (non-hydrogen) atoms. The van der Waals surface area contributed by atoms with E-state index in [4.69, 9.17) is 9.52 Å². The lowest BCUT2D eigenvalue weighted by molar-refractivity contribution is -0.126. The van der Waals surface area contributed by atoms with Gasteiger partial charge in [-0.2, -0.15) is 0 Å². The Balaban J connectivity index is 1.89. The van der Waals surface area contributed by atoms with Crippen LogP contribution in [0.1, 0.15) is 21.7 Å². The summed E-state index contributed by atoms with van der Waals surface area (Å²) in [5.74, 6) is -0.369. The molecule has 2 aromatic rings. The Morgan fingerprint density at radius 1 is 1.22 bits per heavy atom. The third kappa shape index (κ3) is 3.12. The van der Waals surface area contributed by atoms with Crippen LogP contribution in [-0.4, -0.2) is 41.0 Å². The Labute approximate surface area is 133 Å². The number of furan rings is 1. The van der Waals surface area contributed by atoms with E-state index in [2.05, 4.69) is 5.32 Å². The standard InChI is InChI=1S/C17H18N2O4/c20-8-7-18-16(21)14-10-12-4-1-2-5-13(12)11-19(14)17(22)15-6-3-9-23-15/h1-6,9,14,20H,7-8,10-11H2,(H,18,21). The molecule has 0 saturated carbocycles. The molecular formula is C17H18N2O4. The van der Waals surface area contributed by atoms with Crippen LogP contribution < -0.4 is 5.32 Å². The fraction of sp³-hybridized carbons (Fsp3) is 0.294. The van der Waals surface area contributed by atoms with Crippen molar-refractivity contribution in [3.8, 4) is 0 Å². The Kier molecular flexibility index (Phi) is 4.43. The second kappa shape index (κ2) is 6.66. The van der Waals surface area contributed by atoms with Crippen molar-refractivity contribution in [2.24, 2.45) is 0 Å². The van der Waals surface area contributed by atoms with E-state index in [1.807, 2.05) is 24.3 Å². The van der Waals surface area contributed by atoms with Crippen molar-refractivity contribution in [1.82, 2.24) is 10.2 Å². The number of aliphatic hydroxyl groups is 1.